The van der Waals surface area contributed by atoms with Crippen molar-refractivity contribution < 1.29 is 42.1 Å². The monoisotopic (exact) mass is 1190 g/mol. The molecule has 0 amide bonds. The van der Waals surface area contributed by atoms with E-state index in [0.717, 1.165) is 64.2 Å². The quantitative estimate of drug-likeness (QED) is 0.0211. The minimum Gasteiger partial charge on any atom is -0.462 e. The molecule has 0 aliphatic heterocycles. The fourth-order valence-electron chi connectivity index (χ4n) is 10.4. The van der Waals surface area contributed by atoms with Crippen LogP contribution in [0.4, 0.5) is 0 Å². The Balaban J connectivity index is 3.92. The second-order valence-electron chi connectivity index (χ2n) is 25.3. The average Bonchev–Trinajstić information content (AvgIpc) is 3.48. The summed E-state index contributed by atoms with van der Waals surface area (Å²) in [5.41, 5.74) is 0. The summed E-state index contributed by atoms with van der Waals surface area (Å²) in [6, 6.07) is 0. The predicted octanol–water partition coefficient (Wildman–Crippen LogP) is 23.0. The van der Waals surface area contributed by atoms with Crippen LogP contribution < -0.4 is 0 Å². The second kappa shape index (κ2) is 64.2. The lowest BCUT2D eigenvalue weighted by Crippen LogP contribution is -2.37. The van der Waals surface area contributed by atoms with E-state index in [2.05, 4.69) is 74.6 Å². The third-order valence-corrected chi connectivity index (χ3v) is 16.8. The highest BCUT2D eigenvalue weighted by molar-refractivity contribution is 7.47. The summed E-state index contributed by atoms with van der Waals surface area (Å²) in [6.07, 6.45) is 84.8. The molecule has 0 saturated heterocycles. The Labute approximate surface area is 515 Å². The van der Waals surface area contributed by atoms with E-state index >= 15 is 0 Å². The van der Waals surface area contributed by atoms with Gasteiger partial charge in [0.15, 0.2) is 6.10 Å². The molecule has 0 bridgehead atoms. The molecule has 0 heterocycles. The van der Waals surface area contributed by atoms with E-state index in [-0.39, 0.29) is 25.6 Å². The summed E-state index contributed by atoms with van der Waals surface area (Å²) in [6.45, 7) is 4.38. The highest BCUT2D eigenvalue weighted by Gasteiger charge is 2.27. The normalized spacial score (nSPS) is 13.5. The van der Waals surface area contributed by atoms with Gasteiger partial charge in [-0.2, -0.15) is 0 Å². The Bertz CT molecular complexity index is 1580. The van der Waals surface area contributed by atoms with Gasteiger partial charge in [-0.3, -0.25) is 18.6 Å². The number of rotatable bonds is 66. The van der Waals surface area contributed by atoms with Crippen LogP contribution >= 0.6 is 7.82 Å². The summed E-state index contributed by atoms with van der Waals surface area (Å²) in [7, 11) is 1.50. The Kier molecular flexibility index (Phi) is 62.4. The van der Waals surface area contributed by atoms with E-state index in [4.69, 9.17) is 18.5 Å². The summed E-state index contributed by atoms with van der Waals surface area (Å²) in [5.74, 6) is -0.776. The number of phosphoric acid groups is 1. The zero-order chi connectivity index (χ0) is 60.5. The molecule has 83 heavy (non-hydrogen) atoms. The lowest BCUT2D eigenvalue weighted by atomic mass is 10.0. The molecule has 1 N–H and O–H groups in total. The predicted molar refractivity (Wildman–Crippen MR) is 358 cm³/mol. The van der Waals surface area contributed by atoms with Gasteiger partial charge in [-0.05, 0) is 57.8 Å². The molecule has 0 rings (SSSR count). The Morgan fingerprint density at radius 2 is 0.687 bits per heavy atom. The molecule has 2 atom stereocenters. The van der Waals surface area contributed by atoms with Gasteiger partial charge in [0.2, 0.25) is 0 Å². The third kappa shape index (κ3) is 68.7. The molecule has 486 valence electrons. The van der Waals surface area contributed by atoms with Crippen LogP contribution in [0.2, 0.25) is 0 Å². The SMILES string of the molecule is CC/C=C\C/C=C\C/C=C\C/C=C\C/C=C\CCCCCCCCCCCCCCCCCCCCCCCCCC(=O)OC(COC(=O)CCCCCCCCCCCCCCCCCCCCCC)COP(=O)(O)OCC[N+](C)(C)C. The molecule has 0 aliphatic rings. The van der Waals surface area contributed by atoms with Crippen LogP contribution in [0.15, 0.2) is 60.8 Å². The number of quaternary nitrogens is 1. The van der Waals surface area contributed by atoms with Crippen molar-refractivity contribution in [3.63, 3.8) is 0 Å². The molecule has 0 spiro atoms. The van der Waals surface area contributed by atoms with Crippen molar-refractivity contribution in [3.05, 3.63) is 60.8 Å². The maximum Gasteiger partial charge on any atom is 0.472 e. The number of carbonyl (C=O) groups is 2. The van der Waals surface area contributed by atoms with Crippen LogP contribution in [0.3, 0.4) is 0 Å². The van der Waals surface area contributed by atoms with Crippen molar-refractivity contribution in [2.45, 2.75) is 347 Å². The highest BCUT2D eigenvalue weighted by Crippen LogP contribution is 2.43. The fourth-order valence-corrected chi connectivity index (χ4v) is 11.1. The van der Waals surface area contributed by atoms with Gasteiger partial charge in [0.1, 0.15) is 19.8 Å². The number of ether oxygens (including phenoxy) is 2. The Morgan fingerprint density at radius 1 is 0.386 bits per heavy atom. The standard InChI is InChI=1S/C73H136NO8P/c1-6-8-10-12-14-16-18-20-22-24-26-28-29-30-31-32-33-34-35-36-37-38-39-40-41-42-43-44-45-46-48-50-52-54-56-58-60-62-64-66-73(76)82-71(70-81-83(77,78)80-68-67-74(3,4)5)69-79-72(75)65-63-61-59-57-55-53-51-49-47-27-25-23-21-19-17-15-13-11-9-7-2/h8,10,14,16,20,22,26,28,30-31,71H,6-7,9,11-13,15,17-19,21,23-25,27,29,32-70H2,1-5H3/p+1/b10-8-,16-14-,22-20-,28-26-,31-30-. The van der Waals surface area contributed by atoms with Gasteiger partial charge in [-0.1, -0.05) is 331 Å². The van der Waals surface area contributed by atoms with E-state index in [9.17, 15) is 19.0 Å². The molecule has 0 radical (unpaired) electrons. The van der Waals surface area contributed by atoms with Crippen LogP contribution in [0.1, 0.15) is 341 Å². The lowest BCUT2D eigenvalue weighted by molar-refractivity contribution is -0.870. The number of unbranched alkanes of at least 4 members (excludes halogenated alkanes) is 42. The molecule has 0 saturated carbocycles. The van der Waals surface area contributed by atoms with Gasteiger partial charge >= 0.3 is 19.8 Å². The number of nitrogens with zero attached hydrogens (tertiary/aromatic N) is 1. The van der Waals surface area contributed by atoms with Gasteiger partial charge in [-0.25, -0.2) is 4.57 Å². The lowest BCUT2D eigenvalue weighted by Gasteiger charge is -2.24. The maximum absolute atomic E-state index is 12.9. The van der Waals surface area contributed by atoms with Crippen molar-refractivity contribution >= 4 is 19.8 Å². The van der Waals surface area contributed by atoms with Gasteiger partial charge in [0.05, 0.1) is 27.7 Å². The number of carbonyl (C=O) groups excluding carboxylic acids is 2. The van der Waals surface area contributed by atoms with E-state index in [0.29, 0.717) is 23.9 Å². The van der Waals surface area contributed by atoms with Crippen LogP contribution in [-0.2, 0) is 32.7 Å². The van der Waals surface area contributed by atoms with E-state index in [1.807, 2.05) is 21.1 Å². The molecule has 0 fully saturated rings. The fraction of sp³-hybridized carbons (Fsp3) is 0.836. The number of likely N-dealkylation sites (N-methyl/N-ethyl adjacent to an activating group) is 1. The van der Waals surface area contributed by atoms with E-state index in [1.165, 1.54) is 244 Å². The summed E-state index contributed by atoms with van der Waals surface area (Å²) in [5, 5.41) is 0. The van der Waals surface area contributed by atoms with Crippen molar-refractivity contribution in [1.82, 2.24) is 0 Å². The molecule has 10 heteroatoms. The van der Waals surface area contributed by atoms with Gasteiger partial charge in [-0.15, -0.1) is 0 Å². The second-order valence-corrected chi connectivity index (χ2v) is 26.7. The molecule has 9 nitrogen and oxygen atoms in total. The molecule has 0 aromatic heterocycles. The number of hydrogen-bond acceptors (Lipinski definition) is 7. The number of hydrogen-bond donors (Lipinski definition) is 1. The average molecular weight is 1190 g/mol. The van der Waals surface area contributed by atoms with Gasteiger partial charge in [0.25, 0.3) is 0 Å². The molecular weight excluding hydrogens is 1050 g/mol. The topological polar surface area (TPSA) is 108 Å². The first-order chi connectivity index (χ1) is 40.5. The summed E-state index contributed by atoms with van der Waals surface area (Å²) < 4.78 is 34.7. The Morgan fingerprint density at radius 3 is 1.02 bits per heavy atom. The zero-order valence-corrected chi connectivity index (χ0v) is 56.3. The van der Waals surface area contributed by atoms with E-state index < -0.39 is 26.5 Å². The van der Waals surface area contributed by atoms with Crippen LogP contribution in [0.5, 0.6) is 0 Å². The number of phosphoric ester groups is 1. The summed E-state index contributed by atoms with van der Waals surface area (Å²) >= 11 is 0. The van der Waals surface area contributed by atoms with E-state index in [1.54, 1.807) is 0 Å². The van der Waals surface area contributed by atoms with Crippen LogP contribution in [-0.4, -0.2) is 74.9 Å². The number of allylic oxidation sites excluding steroid dienone is 10. The minimum atomic E-state index is -4.39. The molecule has 0 aliphatic carbocycles. The van der Waals surface area contributed by atoms with Crippen molar-refractivity contribution in [3.8, 4) is 0 Å². The molecule has 0 aromatic rings. The molecular formula is C73H137NO8P+. The minimum absolute atomic E-state index is 0.0345. The van der Waals surface area contributed by atoms with Gasteiger partial charge in [0, 0.05) is 12.8 Å². The zero-order valence-electron chi connectivity index (χ0n) is 55.4. The highest BCUT2D eigenvalue weighted by atomic mass is 31.2. The first kappa shape index (κ1) is 80.7. The summed E-state index contributed by atoms with van der Waals surface area (Å²) in [4.78, 5) is 35.8. The van der Waals surface area contributed by atoms with Crippen LogP contribution in [0, 0.1) is 0 Å². The van der Waals surface area contributed by atoms with Crippen molar-refractivity contribution in [1.29, 1.82) is 0 Å². The van der Waals surface area contributed by atoms with Gasteiger partial charge < -0.3 is 18.9 Å². The first-order valence-electron chi connectivity index (χ1n) is 35.5. The van der Waals surface area contributed by atoms with Crippen LogP contribution in [0.25, 0.3) is 0 Å². The molecule has 2 unspecified atom stereocenters. The number of esters is 2. The van der Waals surface area contributed by atoms with Crippen molar-refractivity contribution in [2.24, 2.45) is 0 Å². The maximum atomic E-state index is 12.9. The largest absolute Gasteiger partial charge is 0.472 e. The third-order valence-electron chi connectivity index (χ3n) is 15.8. The molecule has 0 aromatic carbocycles. The van der Waals surface area contributed by atoms with Crippen molar-refractivity contribution in [2.75, 3.05) is 47.5 Å². The first-order valence-corrected chi connectivity index (χ1v) is 37.0. The Hall–Kier alpha value is -2.29. The smallest absolute Gasteiger partial charge is 0.462 e.